The minimum Gasteiger partial charge on any atom is -0.462 e. The Balaban J connectivity index is 1.63. The number of hydrogen-bond acceptors (Lipinski definition) is 7. The predicted octanol–water partition coefficient (Wildman–Crippen LogP) is 4.75. The van der Waals surface area contributed by atoms with Crippen LogP contribution in [0.5, 0.6) is 0 Å². The van der Waals surface area contributed by atoms with Crippen molar-refractivity contribution in [2.75, 3.05) is 17.7 Å². The first-order chi connectivity index (χ1) is 14.7. The van der Waals surface area contributed by atoms with Gasteiger partial charge >= 0.3 is 5.97 Å². The van der Waals surface area contributed by atoms with E-state index >= 15 is 0 Å². The van der Waals surface area contributed by atoms with Crippen LogP contribution >= 0.6 is 23.1 Å². The van der Waals surface area contributed by atoms with Gasteiger partial charge < -0.3 is 14.6 Å². The molecule has 31 heavy (non-hydrogen) atoms. The second-order valence-electron chi connectivity index (χ2n) is 7.91. The highest BCUT2D eigenvalue weighted by Crippen LogP contribution is 2.28. The van der Waals surface area contributed by atoms with Gasteiger partial charge in [-0.2, -0.15) is 0 Å². The van der Waals surface area contributed by atoms with Gasteiger partial charge in [-0.15, -0.1) is 21.5 Å². The summed E-state index contributed by atoms with van der Waals surface area (Å²) in [6, 6.07) is 9.93. The van der Waals surface area contributed by atoms with Crippen LogP contribution < -0.4 is 5.32 Å². The number of carbonyl (C=O) groups is 2. The summed E-state index contributed by atoms with van der Waals surface area (Å²) in [5.41, 5.74) is 2.67. The number of thioether (sulfide) groups is 1. The molecule has 0 fully saturated rings. The highest BCUT2D eigenvalue weighted by Gasteiger charge is 2.18. The van der Waals surface area contributed by atoms with E-state index in [0.717, 1.165) is 11.4 Å². The van der Waals surface area contributed by atoms with Crippen LogP contribution in [0, 0.1) is 0 Å². The largest absolute Gasteiger partial charge is 0.462 e. The molecule has 1 aromatic carbocycles. The molecule has 0 saturated heterocycles. The SMILES string of the molecule is CCOC(=O)c1ccsc1NC(=O)CSc1nnc(-c2ccc(C(C)(C)C)cc2)n1C. The predicted molar refractivity (Wildman–Crippen MR) is 125 cm³/mol. The average Bonchev–Trinajstić information content (AvgIpc) is 3.32. The van der Waals surface area contributed by atoms with E-state index in [4.69, 9.17) is 4.74 Å². The van der Waals surface area contributed by atoms with Crippen molar-refractivity contribution in [2.45, 2.75) is 38.3 Å². The zero-order valence-electron chi connectivity index (χ0n) is 18.3. The van der Waals surface area contributed by atoms with Crippen LogP contribution in [0.15, 0.2) is 40.9 Å². The van der Waals surface area contributed by atoms with Crippen LogP contribution in [0.3, 0.4) is 0 Å². The van der Waals surface area contributed by atoms with Crippen molar-refractivity contribution in [2.24, 2.45) is 7.05 Å². The Morgan fingerprint density at radius 1 is 1.16 bits per heavy atom. The number of anilines is 1. The minimum absolute atomic E-state index is 0.0858. The maximum atomic E-state index is 12.4. The lowest BCUT2D eigenvalue weighted by Crippen LogP contribution is -2.16. The second kappa shape index (κ2) is 9.65. The van der Waals surface area contributed by atoms with Gasteiger partial charge in [-0.3, -0.25) is 4.79 Å². The summed E-state index contributed by atoms with van der Waals surface area (Å²) >= 11 is 2.58. The molecule has 1 amide bonds. The molecule has 0 saturated carbocycles. The highest BCUT2D eigenvalue weighted by molar-refractivity contribution is 7.99. The molecule has 7 nitrogen and oxygen atoms in total. The van der Waals surface area contributed by atoms with E-state index in [1.165, 1.54) is 28.7 Å². The number of nitrogens with one attached hydrogen (secondary N) is 1. The molecule has 0 bridgehead atoms. The number of hydrogen-bond donors (Lipinski definition) is 1. The molecular weight excluding hydrogens is 432 g/mol. The Morgan fingerprint density at radius 3 is 2.52 bits per heavy atom. The number of rotatable bonds is 7. The van der Waals surface area contributed by atoms with Crippen molar-refractivity contribution in [1.29, 1.82) is 0 Å². The molecule has 2 aromatic heterocycles. The molecule has 0 aliphatic heterocycles. The molecule has 3 rings (SSSR count). The third kappa shape index (κ3) is 5.54. The molecule has 3 aromatic rings. The Morgan fingerprint density at radius 2 is 1.87 bits per heavy atom. The molecular formula is C22H26N4O3S2. The summed E-state index contributed by atoms with van der Waals surface area (Å²) in [7, 11) is 1.88. The van der Waals surface area contributed by atoms with E-state index in [-0.39, 0.29) is 23.7 Å². The number of carbonyl (C=O) groups excluding carboxylic acids is 2. The Kier molecular flexibility index (Phi) is 7.17. The Bertz CT molecular complexity index is 1070. The number of aromatic nitrogens is 3. The van der Waals surface area contributed by atoms with Crippen LogP contribution in [-0.4, -0.2) is 39.0 Å². The zero-order chi connectivity index (χ0) is 22.6. The molecule has 0 aliphatic rings. The van der Waals surface area contributed by atoms with Gasteiger partial charge in [0.15, 0.2) is 11.0 Å². The number of ether oxygens (including phenoxy) is 1. The van der Waals surface area contributed by atoms with Gasteiger partial charge in [0.2, 0.25) is 5.91 Å². The number of nitrogens with zero attached hydrogens (tertiary/aromatic N) is 3. The molecule has 0 unspecified atom stereocenters. The molecule has 2 heterocycles. The molecule has 1 N–H and O–H groups in total. The monoisotopic (exact) mass is 458 g/mol. The maximum Gasteiger partial charge on any atom is 0.341 e. The standard InChI is InChI=1S/C22H26N4O3S2/c1-6-29-20(28)16-11-12-30-19(16)23-17(27)13-31-21-25-24-18(26(21)5)14-7-9-15(10-8-14)22(2,3)4/h7-12H,6,13H2,1-5H3,(H,23,27). The third-order valence-corrected chi connectivity index (χ3v) is 6.44. The van der Waals surface area contributed by atoms with Crippen LogP contribution in [0.4, 0.5) is 5.00 Å². The van der Waals surface area contributed by atoms with Crippen molar-refractivity contribution >= 4 is 40.0 Å². The maximum absolute atomic E-state index is 12.4. The average molecular weight is 459 g/mol. The van der Waals surface area contributed by atoms with Crippen LogP contribution in [0.1, 0.15) is 43.6 Å². The van der Waals surface area contributed by atoms with Gasteiger partial charge in [0.25, 0.3) is 0 Å². The van der Waals surface area contributed by atoms with Crippen LogP contribution in [-0.2, 0) is 22.0 Å². The molecule has 0 aliphatic carbocycles. The van der Waals surface area contributed by atoms with Gasteiger partial charge in [-0.05, 0) is 29.3 Å². The summed E-state index contributed by atoms with van der Waals surface area (Å²) in [6.07, 6.45) is 0. The van der Waals surface area contributed by atoms with Gasteiger partial charge in [0, 0.05) is 12.6 Å². The van der Waals surface area contributed by atoms with E-state index in [1.54, 1.807) is 18.4 Å². The van der Waals surface area contributed by atoms with E-state index in [9.17, 15) is 9.59 Å². The van der Waals surface area contributed by atoms with Gasteiger partial charge in [-0.1, -0.05) is 56.8 Å². The van der Waals surface area contributed by atoms with Gasteiger partial charge in [0.05, 0.1) is 17.9 Å². The van der Waals surface area contributed by atoms with Crippen molar-refractivity contribution < 1.29 is 14.3 Å². The molecule has 0 atom stereocenters. The van der Waals surface area contributed by atoms with Crippen molar-refractivity contribution in [1.82, 2.24) is 14.8 Å². The Labute approximate surface area is 190 Å². The summed E-state index contributed by atoms with van der Waals surface area (Å²) in [6.45, 7) is 8.56. The van der Waals surface area contributed by atoms with Crippen molar-refractivity contribution in [3.8, 4) is 11.4 Å². The molecule has 0 spiro atoms. The fourth-order valence-electron chi connectivity index (χ4n) is 2.88. The smallest absolute Gasteiger partial charge is 0.341 e. The number of benzene rings is 1. The number of thiophene rings is 1. The minimum atomic E-state index is -0.442. The lowest BCUT2D eigenvalue weighted by atomic mass is 9.87. The fourth-order valence-corrected chi connectivity index (χ4v) is 4.38. The van der Waals surface area contributed by atoms with E-state index in [2.05, 4.69) is 48.4 Å². The summed E-state index contributed by atoms with van der Waals surface area (Å²) in [5, 5.41) is 14.2. The quantitative estimate of drug-likeness (QED) is 0.406. The summed E-state index contributed by atoms with van der Waals surface area (Å²) < 4.78 is 6.89. The first-order valence-corrected chi connectivity index (χ1v) is 11.7. The van der Waals surface area contributed by atoms with Crippen LogP contribution in [0.25, 0.3) is 11.4 Å². The van der Waals surface area contributed by atoms with E-state index < -0.39 is 5.97 Å². The van der Waals surface area contributed by atoms with Crippen molar-refractivity contribution in [3.05, 3.63) is 46.8 Å². The molecule has 9 heteroatoms. The Hall–Kier alpha value is -2.65. The normalized spacial score (nSPS) is 11.4. The van der Waals surface area contributed by atoms with Crippen molar-refractivity contribution in [3.63, 3.8) is 0 Å². The zero-order valence-corrected chi connectivity index (χ0v) is 19.9. The number of amides is 1. The fraction of sp³-hybridized carbons (Fsp3) is 0.364. The lowest BCUT2D eigenvalue weighted by molar-refractivity contribution is -0.113. The molecule has 0 radical (unpaired) electrons. The third-order valence-electron chi connectivity index (χ3n) is 4.59. The van der Waals surface area contributed by atoms with E-state index in [0.29, 0.717) is 15.7 Å². The first-order valence-electron chi connectivity index (χ1n) is 9.88. The van der Waals surface area contributed by atoms with Crippen LogP contribution in [0.2, 0.25) is 0 Å². The van der Waals surface area contributed by atoms with E-state index in [1.807, 2.05) is 23.7 Å². The number of esters is 1. The molecule has 164 valence electrons. The lowest BCUT2D eigenvalue weighted by Gasteiger charge is -2.19. The second-order valence-corrected chi connectivity index (χ2v) is 9.77. The topological polar surface area (TPSA) is 86.1 Å². The summed E-state index contributed by atoms with van der Waals surface area (Å²) in [5.74, 6) is 0.222. The first kappa shape index (κ1) is 23.0. The summed E-state index contributed by atoms with van der Waals surface area (Å²) in [4.78, 5) is 24.4. The van der Waals surface area contributed by atoms with Gasteiger partial charge in [-0.25, -0.2) is 4.79 Å². The highest BCUT2D eigenvalue weighted by atomic mass is 32.2. The van der Waals surface area contributed by atoms with Gasteiger partial charge in [0.1, 0.15) is 5.00 Å².